The van der Waals surface area contributed by atoms with Crippen LogP contribution >= 0.6 is 0 Å². The van der Waals surface area contributed by atoms with E-state index in [1.807, 2.05) is 0 Å². The first-order chi connectivity index (χ1) is 6.51. The highest BCUT2D eigenvalue weighted by Gasteiger charge is 2.26. The van der Waals surface area contributed by atoms with Crippen LogP contribution in [0.4, 0.5) is 19.0 Å². The minimum atomic E-state index is -4.24. The molecule has 6 heteroatoms. The molecular weight excluding hydrogens is 195 g/mol. The summed E-state index contributed by atoms with van der Waals surface area (Å²) in [6, 6.07) is 3.14. The van der Waals surface area contributed by atoms with Crippen molar-refractivity contribution in [3.8, 4) is 0 Å². The monoisotopic (exact) mass is 205 g/mol. The second-order valence-corrected chi connectivity index (χ2v) is 2.72. The number of aromatic nitrogens is 1. The van der Waals surface area contributed by atoms with Crippen LogP contribution in [-0.2, 0) is 6.54 Å². The topological polar surface area (TPSA) is 50.9 Å². The number of rotatable bonds is 3. The molecule has 0 aliphatic carbocycles. The molecule has 0 aromatic carbocycles. The van der Waals surface area contributed by atoms with E-state index in [0.29, 0.717) is 0 Å². The largest absolute Gasteiger partial charge is 0.405 e. The second kappa shape index (κ2) is 4.28. The van der Waals surface area contributed by atoms with Crippen LogP contribution in [0.25, 0.3) is 0 Å². The highest BCUT2D eigenvalue weighted by Crippen LogP contribution is 2.15. The van der Waals surface area contributed by atoms with Crippen LogP contribution in [0.5, 0.6) is 0 Å². The van der Waals surface area contributed by atoms with Gasteiger partial charge in [-0.1, -0.05) is 0 Å². The number of anilines is 1. The quantitative estimate of drug-likeness (QED) is 0.786. The van der Waals surface area contributed by atoms with E-state index in [2.05, 4.69) is 10.3 Å². The van der Waals surface area contributed by atoms with Crippen LogP contribution in [-0.4, -0.2) is 17.7 Å². The van der Waals surface area contributed by atoms with Gasteiger partial charge in [0.15, 0.2) is 0 Å². The van der Waals surface area contributed by atoms with Gasteiger partial charge in [-0.3, -0.25) is 0 Å². The van der Waals surface area contributed by atoms with E-state index in [4.69, 9.17) is 5.73 Å². The van der Waals surface area contributed by atoms with Gasteiger partial charge in [0.2, 0.25) is 0 Å². The predicted molar refractivity (Wildman–Crippen MR) is 46.7 cm³/mol. The van der Waals surface area contributed by atoms with Crippen molar-refractivity contribution in [3.63, 3.8) is 0 Å². The molecule has 0 aliphatic heterocycles. The maximum Gasteiger partial charge on any atom is 0.405 e. The van der Waals surface area contributed by atoms with Gasteiger partial charge in [-0.25, -0.2) is 4.98 Å². The van der Waals surface area contributed by atoms with Crippen molar-refractivity contribution in [2.75, 3.05) is 11.9 Å². The molecule has 0 atom stereocenters. The molecule has 0 saturated carbocycles. The summed E-state index contributed by atoms with van der Waals surface area (Å²) in [6.07, 6.45) is -2.82. The van der Waals surface area contributed by atoms with Gasteiger partial charge in [-0.2, -0.15) is 13.2 Å². The van der Waals surface area contributed by atoms with Crippen molar-refractivity contribution in [3.05, 3.63) is 23.9 Å². The average Bonchev–Trinajstić information content (AvgIpc) is 2.14. The maximum absolute atomic E-state index is 11.8. The van der Waals surface area contributed by atoms with Gasteiger partial charge >= 0.3 is 6.18 Å². The summed E-state index contributed by atoms with van der Waals surface area (Å²) in [5.41, 5.74) is 6.06. The fourth-order valence-corrected chi connectivity index (χ4v) is 0.889. The van der Waals surface area contributed by atoms with E-state index in [1.54, 1.807) is 6.07 Å². The third-order valence-electron chi connectivity index (χ3n) is 1.53. The number of pyridine rings is 1. The SMILES string of the molecule is NCc1ccnc(NCC(F)(F)F)c1. The second-order valence-electron chi connectivity index (χ2n) is 2.72. The van der Waals surface area contributed by atoms with E-state index in [0.717, 1.165) is 5.56 Å². The molecule has 0 aliphatic rings. The zero-order chi connectivity index (χ0) is 10.6. The molecule has 0 radical (unpaired) electrons. The van der Waals surface area contributed by atoms with Gasteiger partial charge in [-0.05, 0) is 17.7 Å². The summed E-state index contributed by atoms with van der Waals surface area (Å²) in [5, 5.41) is 2.17. The van der Waals surface area contributed by atoms with Gasteiger partial charge in [-0.15, -0.1) is 0 Å². The fraction of sp³-hybridized carbons (Fsp3) is 0.375. The van der Waals surface area contributed by atoms with Crippen LogP contribution in [0, 0.1) is 0 Å². The Balaban J connectivity index is 2.59. The molecule has 3 N–H and O–H groups in total. The predicted octanol–water partition coefficient (Wildman–Crippen LogP) is 1.51. The first-order valence-corrected chi connectivity index (χ1v) is 3.97. The molecule has 1 aromatic rings. The molecule has 1 rings (SSSR count). The Bertz CT molecular complexity index is 298. The first kappa shape index (κ1) is 10.8. The molecule has 78 valence electrons. The number of hydrogen-bond donors (Lipinski definition) is 2. The summed E-state index contributed by atoms with van der Waals surface area (Å²) in [7, 11) is 0. The lowest BCUT2D eigenvalue weighted by atomic mass is 10.2. The van der Waals surface area contributed by atoms with Crippen LogP contribution in [0.1, 0.15) is 5.56 Å². The Morgan fingerprint density at radius 3 is 2.71 bits per heavy atom. The van der Waals surface area contributed by atoms with Crippen molar-refractivity contribution in [1.82, 2.24) is 4.98 Å². The van der Waals surface area contributed by atoms with Gasteiger partial charge < -0.3 is 11.1 Å². The molecule has 0 fully saturated rings. The number of nitrogens with one attached hydrogen (secondary N) is 1. The number of nitrogens with zero attached hydrogens (tertiary/aromatic N) is 1. The number of hydrogen-bond acceptors (Lipinski definition) is 3. The van der Waals surface area contributed by atoms with E-state index >= 15 is 0 Å². The Kier molecular flexibility index (Phi) is 3.29. The summed E-state index contributed by atoms with van der Waals surface area (Å²) < 4.78 is 35.4. The summed E-state index contributed by atoms with van der Waals surface area (Å²) in [5.74, 6) is 0.185. The van der Waals surface area contributed by atoms with Gasteiger partial charge in [0.25, 0.3) is 0 Å². The van der Waals surface area contributed by atoms with Crippen LogP contribution in [0.3, 0.4) is 0 Å². The Morgan fingerprint density at radius 2 is 2.14 bits per heavy atom. The average molecular weight is 205 g/mol. The molecule has 1 aromatic heterocycles. The van der Waals surface area contributed by atoms with Gasteiger partial charge in [0.1, 0.15) is 12.4 Å². The Hall–Kier alpha value is -1.30. The molecule has 3 nitrogen and oxygen atoms in total. The molecule has 0 bridgehead atoms. The minimum Gasteiger partial charge on any atom is -0.361 e. The van der Waals surface area contributed by atoms with E-state index in [-0.39, 0.29) is 12.4 Å². The van der Waals surface area contributed by atoms with Crippen LogP contribution in [0.2, 0.25) is 0 Å². The number of alkyl halides is 3. The summed E-state index contributed by atoms with van der Waals surface area (Å²) in [6.45, 7) is -0.808. The van der Waals surface area contributed by atoms with Gasteiger partial charge in [0, 0.05) is 12.7 Å². The highest BCUT2D eigenvalue weighted by atomic mass is 19.4. The minimum absolute atomic E-state index is 0.185. The van der Waals surface area contributed by atoms with Crippen molar-refractivity contribution < 1.29 is 13.2 Å². The van der Waals surface area contributed by atoms with E-state index in [9.17, 15) is 13.2 Å². The zero-order valence-corrected chi connectivity index (χ0v) is 7.30. The lowest BCUT2D eigenvalue weighted by molar-refractivity contribution is -0.115. The third kappa shape index (κ3) is 3.61. The van der Waals surface area contributed by atoms with Crippen molar-refractivity contribution >= 4 is 5.82 Å². The Labute approximate surface area is 79.1 Å². The summed E-state index contributed by atoms with van der Waals surface area (Å²) in [4.78, 5) is 3.72. The molecular formula is C8H10F3N3. The van der Waals surface area contributed by atoms with Crippen molar-refractivity contribution in [1.29, 1.82) is 0 Å². The fourth-order valence-electron chi connectivity index (χ4n) is 0.889. The number of nitrogens with two attached hydrogens (primary N) is 1. The van der Waals surface area contributed by atoms with Crippen molar-refractivity contribution in [2.24, 2.45) is 5.73 Å². The standard InChI is InChI=1S/C8H10F3N3/c9-8(10,11)5-14-7-3-6(4-12)1-2-13-7/h1-3H,4-5,12H2,(H,13,14). The molecule has 14 heavy (non-hydrogen) atoms. The maximum atomic E-state index is 11.8. The molecule has 0 spiro atoms. The summed E-state index contributed by atoms with van der Waals surface area (Å²) >= 11 is 0. The molecule has 0 amide bonds. The van der Waals surface area contributed by atoms with Gasteiger partial charge in [0.05, 0.1) is 0 Å². The van der Waals surface area contributed by atoms with Crippen molar-refractivity contribution in [2.45, 2.75) is 12.7 Å². The normalized spacial score (nSPS) is 11.4. The smallest absolute Gasteiger partial charge is 0.361 e. The molecule has 1 heterocycles. The van der Waals surface area contributed by atoms with E-state index < -0.39 is 12.7 Å². The first-order valence-electron chi connectivity index (χ1n) is 3.97. The van der Waals surface area contributed by atoms with Crippen LogP contribution < -0.4 is 11.1 Å². The zero-order valence-electron chi connectivity index (χ0n) is 7.30. The Morgan fingerprint density at radius 1 is 1.43 bits per heavy atom. The van der Waals surface area contributed by atoms with Crippen LogP contribution in [0.15, 0.2) is 18.3 Å². The lowest BCUT2D eigenvalue weighted by Crippen LogP contribution is -2.21. The lowest BCUT2D eigenvalue weighted by Gasteiger charge is -2.09. The highest BCUT2D eigenvalue weighted by molar-refractivity contribution is 5.37. The third-order valence-corrected chi connectivity index (χ3v) is 1.53. The number of halogens is 3. The van der Waals surface area contributed by atoms with E-state index in [1.165, 1.54) is 12.3 Å². The molecule has 0 saturated heterocycles. The molecule has 0 unspecified atom stereocenters.